The number of nitrogens with one attached hydrogen (secondary N) is 1. The first-order chi connectivity index (χ1) is 13.0. The van der Waals surface area contributed by atoms with Crippen molar-refractivity contribution in [2.45, 2.75) is 20.8 Å². The number of aryl methyl sites for hydroxylation is 3. The van der Waals surface area contributed by atoms with Crippen molar-refractivity contribution in [3.63, 3.8) is 0 Å². The van der Waals surface area contributed by atoms with Crippen molar-refractivity contribution in [3.8, 4) is 11.6 Å². The van der Waals surface area contributed by atoms with E-state index in [9.17, 15) is 0 Å². The Balaban J connectivity index is 1.74. The van der Waals surface area contributed by atoms with Gasteiger partial charge in [-0.15, -0.1) is 0 Å². The standard InChI is InChI=1S/C21H19ClN4O/c1-13-10-14(2)21(15(3)11-13)27-20-12-18(25-19-8-9-23-26(19)20)24-17-6-4-16(22)5-7-17/h4-12H,1-3H3,(H,24,25). The van der Waals surface area contributed by atoms with Gasteiger partial charge >= 0.3 is 0 Å². The smallest absolute Gasteiger partial charge is 0.226 e. The summed E-state index contributed by atoms with van der Waals surface area (Å²) in [7, 11) is 0. The molecule has 0 atom stereocenters. The van der Waals surface area contributed by atoms with E-state index in [4.69, 9.17) is 16.3 Å². The third-order valence-corrected chi connectivity index (χ3v) is 4.51. The van der Waals surface area contributed by atoms with Gasteiger partial charge in [0.05, 0.1) is 6.20 Å². The van der Waals surface area contributed by atoms with Crippen LogP contribution in [0, 0.1) is 20.8 Å². The second-order valence-corrected chi connectivity index (χ2v) is 6.98. The zero-order valence-corrected chi connectivity index (χ0v) is 16.1. The van der Waals surface area contributed by atoms with Crippen molar-refractivity contribution < 1.29 is 4.74 Å². The van der Waals surface area contributed by atoms with E-state index in [1.165, 1.54) is 5.56 Å². The van der Waals surface area contributed by atoms with Gasteiger partial charge < -0.3 is 10.1 Å². The summed E-state index contributed by atoms with van der Waals surface area (Å²) in [5.74, 6) is 2.10. The summed E-state index contributed by atoms with van der Waals surface area (Å²) in [5.41, 5.74) is 4.96. The summed E-state index contributed by atoms with van der Waals surface area (Å²) in [4.78, 5) is 4.59. The van der Waals surface area contributed by atoms with Gasteiger partial charge in [-0.2, -0.15) is 9.61 Å². The molecule has 0 amide bonds. The van der Waals surface area contributed by atoms with Crippen molar-refractivity contribution in [1.82, 2.24) is 14.6 Å². The first kappa shape index (κ1) is 17.4. The van der Waals surface area contributed by atoms with Crippen LogP contribution in [0.25, 0.3) is 5.65 Å². The second-order valence-electron chi connectivity index (χ2n) is 6.54. The molecule has 2 heterocycles. The minimum atomic E-state index is 0.594. The Morgan fingerprint density at radius 3 is 2.37 bits per heavy atom. The van der Waals surface area contributed by atoms with Gasteiger partial charge in [0.25, 0.3) is 0 Å². The molecule has 2 aromatic carbocycles. The highest BCUT2D eigenvalue weighted by Crippen LogP contribution is 2.31. The van der Waals surface area contributed by atoms with Crippen molar-refractivity contribution in [2.75, 3.05) is 5.32 Å². The lowest BCUT2D eigenvalue weighted by Crippen LogP contribution is -2.02. The molecule has 2 aromatic heterocycles. The van der Waals surface area contributed by atoms with Crippen LogP contribution in [0.2, 0.25) is 5.02 Å². The third kappa shape index (κ3) is 3.59. The minimum absolute atomic E-state index is 0.594. The maximum absolute atomic E-state index is 6.26. The first-order valence-electron chi connectivity index (χ1n) is 8.63. The van der Waals surface area contributed by atoms with Gasteiger partial charge in [-0.1, -0.05) is 29.3 Å². The molecule has 0 aliphatic carbocycles. The molecule has 5 nitrogen and oxygen atoms in total. The van der Waals surface area contributed by atoms with E-state index in [0.717, 1.165) is 22.6 Å². The van der Waals surface area contributed by atoms with Crippen LogP contribution in [0.1, 0.15) is 16.7 Å². The lowest BCUT2D eigenvalue weighted by atomic mass is 10.1. The Bertz CT molecular complexity index is 1100. The maximum Gasteiger partial charge on any atom is 0.226 e. The van der Waals surface area contributed by atoms with Crippen LogP contribution in [0.3, 0.4) is 0 Å². The molecule has 4 aromatic rings. The summed E-state index contributed by atoms with van der Waals surface area (Å²) in [5, 5.41) is 8.31. The van der Waals surface area contributed by atoms with Crippen molar-refractivity contribution in [1.29, 1.82) is 0 Å². The zero-order valence-electron chi connectivity index (χ0n) is 15.3. The fourth-order valence-electron chi connectivity index (χ4n) is 3.13. The molecule has 6 heteroatoms. The molecular weight excluding hydrogens is 360 g/mol. The number of nitrogens with zero attached hydrogens (tertiary/aromatic N) is 3. The molecule has 0 fully saturated rings. The van der Waals surface area contributed by atoms with Gasteiger partial charge in [-0.25, -0.2) is 4.98 Å². The SMILES string of the molecule is Cc1cc(C)c(Oc2cc(Nc3ccc(Cl)cc3)nc3ccnn23)c(C)c1. The summed E-state index contributed by atoms with van der Waals surface area (Å²) >= 11 is 5.96. The molecular formula is C21H19ClN4O. The maximum atomic E-state index is 6.26. The third-order valence-electron chi connectivity index (χ3n) is 4.25. The van der Waals surface area contributed by atoms with Crippen molar-refractivity contribution in [2.24, 2.45) is 0 Å². The monoisotopic (exact) mass is 378 g/mol. The van der Waals surface area contributed by atoms with Gasteiger partial charge in [0.2, 0.25) is 5.88 Å². The number of hydrogen-bond acceptors (Lipinski definition) is 4. The zero-order chi connectivity index (χ0) is 19.0. The van der Waals surface area contributed by atoms with Gasteiger partial charge in [0.1, 0.15) is 11.6 Å². The predicted octanol–water partition coefficient (Wildman–Crippen LogP) is 5.84. The molecule has 136 valence electrons. The molecule has 0 aliphatic heterocycles. The molecule has 1 N–H and O–H groups in total. The molecule has 0 bridgehead atoms. The highest BCUT2D eigenvalue weighted by Gasteiger charge is 2.12. The Labute approximate surface area is 162 Å². The number of rotatable bonds is 4. The number of aromatic nitrogens is 3. The largest absolute Gasteiger partial charge is 0.438 e. The topological polar surface area (TPSA) is 51.5 Å². The van der Waals surface area contributed by atoms with Crippen LogP contribution in [-0.2, 0) is 0 Å². The van der Waals surface area contributed by atoms with E-state index in [2.05, 4.69) is 34.5 Å². The predicted molar refractivity (Wildman–Crippen MR) is 108 cm³/mol. The molecule has 4 rings (SSSR count). The molecule has 0 spiro atoms. The highest BCUT2D eigenvalue weighted by atomic mass is 35.5. The Morgan fingerprint density at radius 1 is 0.963 bits per heavy atom. The van der Waals surface area contributed by atoms with Crippen molar-refractivity contribution in [3.05, 3.63) is 76.4 Å². The fourth-order valence-corrected chi connectivity index (χ4v) is 3.26. The van der Waals surface area contributed by atoms with E-state index in [-0.39, 0.29) is 0 Å². The minimum Gasteiger partial charge on any atom is -0.438 e. The van der Waals surface area contributed by atoms with Crippen molar-refractivity contribution >= 4 is 28.8 Å². The van der Waals surface area contributed by atoms with E-state index >= 15 is 0 Å². The van der Waals surface area contributed by atoms with E-state index < -0.39 is 0 Å². The van der Waals surface area contributed by atoms with E-state index in [0.29, 0.717) is 22.4 Å². The van der Waals surface area contributed by atoms with E-state index in [1.54, 1.807) is 10.7 Å². The van der Waals surface area contributed by atoms with Crippen LogP contribution in [-0.4, -0.2) is 14.6 Å². The van der Waals surface area contributed by atoms with Crippen LogP contribution in [0.15, 0.2) is 54.7 Å². The van der Waals surface area contributed by atoms with Gasteiger partial charge in [0.15, 0.2) is 5.65 Å². The molecule has 0 saturated carbocycles. The number of ether oxygens (including phenoxy) is 1. The van der Waals surface area contributed by atoms with Crippen LogP contribution < -0.4 is 10.1 Å². The first-order valence-corrected chi connectivity index (χ1v) is 9.00. The number of benzene rings is 2. The highest BCUT2D eigenvalue weighted by molar-refractivity contribution is 6.30. The number of hydrogen-bond donors (Lipinski definition) is 1. The summed E-state index contributed by atoms with van der Waals surface area (Å²) in [6, 6.07) is 15.4. The number of anilines is 2. The Kier molecular flexibility index (Phi) is 4.46. The second kappa shape index (κ2) is 6.93. The molecule has 0 radical (unpaired) electrons. The average Bonchev–Trinajstić information content (AvgIpc) is 3.08. The van der Waals surface area contributed by atoms with Crippen LogP contribution in [0.5, 0.6) is 11.6 Å². The molecule has 0 saturated heterocycles. The Morgan fingerprint density at radius 2 is 1.67 bits per heavy atom. The molecule has 0 unspecified atom stereocenters. The van der Waals surface area contributed by atoms with Crippen LogP contribution >= 0.6 is 11.6 Å². The lowest BCUT2D eigenvalue weighted by Gasteiger charge is -2.15. The number of halogens is 1. The summed E-state index contributed by atoms with van der Waals surface area (Å²) in [6.45, 7) is 6.17. The fraction of sp³-hybridized carbons (Fsp3) is 0.143. The lowest BCUT2D eigenvalue weighted by molar-refractivity contribution is 0.440. The normalized spacial score (nSPS) is 11.0. The van der Waals surface area contributed by atoms with Gasteiger partial charge in [0, 0.05) is 22.8 Å². The average molecular weight is 379 g/mol. The quantitative estimate of drug-likeness (QED) is 0.484. The van der Waals surface area contributed by atoms with E-state index in [1.807, 2.05) is 50.2 Å². The summed E-state index contributed by atoms with van der Waals surface area (Å²) in [6.07, 6.45) is 1.70. The molecule has 27 heavy (non-hydrogen) atoms. The van der Waals surface area contributed by atoms with Crippen LogP contribution in [0.4, 0.5) is 11.5 Å². The molecule has 0 aliphatic rings. The van der Waals surface area contributed by atoms with Gasteiger partial charge in [-0.05, 0) is 56.2 Å². The van der Waals surface area contributed by atoms with Gasteiger partial charge in [-0.3, -0.25) is 0 Å². The Hall–Kier alpha value is -3.05. The summed E-state index contributed by atoms with van der Waals surface area (Å²) < 4.78 is 7.95. The number of fused-ring (bicyclic) bond motifs is 1.